The van der Waals surface area contributed by atoms with Crippen molar-refractivity contribution < 1.29 is 23.5 Å². The SMILES string of the molecule is O=C(CSc1ccc2c(c1)OCCO2)NNC(=O)c1ccc(F)cc1. The van der Waals surface area contributed by atoms with Crippen LogP contribution < -0.4 is 20.3 Å². The summed E-state index contributed by atoms with van der Waals surface area (Å²) < 4.78 is 23.7. The van der Waals surface area contributed by atoms with Crippen molar-refractivity contribution in [1.82, 2.24) is 10.9 Å². The van der Waals surface area contributed by atoms with E-state index >= 15 is 0 Å². The number of carbonyl (C=O) groups excluding carboxylic acids is 2. The highest BCUT2D eigenvalue weighted by Crippen LogP contribution is 2.34. The summed E-state index contributed by atoms with van der Waals surface area (Å²) in [6, 6.07) is 10.5. The number of ether oxygens (including phenoxy) is 2. The molecule has 2 amide bonds. The van der Waals surface area contributed by atoms with Gasteiger partial charge in [-0.2, -0.15) is 0 Å². The largest absolute Gasteiger partial charge is 0.486 e. The van der Waals surface area contributed by atoms with Crippen molar-refractivity contribution in [3.63, 3.8) is 0 Å². The summed E-state index contributed by atoms with van der Waals surface area (Å²) in [4.78, 5) is 24.5. The zero-order valence-electron chi connectivity index (χ0n) is 13.1. The summed E-state index contributed by atoms with van der Waals surface area (Å²) in [6.07, 6.45) is 0. The Hall–Kier alpha value is -2.74. The molecule has 3 rings (SSSR count). The number of amides is 2. The maximum atomic E-state index is 12.8. The highest BCUT2D eigenvalue weighted by atomic mass is 32.2. The van der Waals surface area contributed by atoms with Gasteiger partial charge in [0, 0.05) is 10.5 Å². The number of carbonyl (C=O) groups is 2. The summed E-state index contributed by atoms with van der Waals surface area (Å²) in [5.41, 5.74) is 4.86. The second-order valence-electron chi connectivity index (χ2n) is 5.10. The number of hydrazine groups is 1. The van der Waals surface area contributed by atoms with Gasteiger partial charge < -0.3 is 9.47 Å². The molecule has 6 nitrogen and oxygen atoms in total. The Balaban J connectivity index is 1.46. The molecular weight excluding hydrogens is 347 g/mol. The number of thioether (sulfide) groups is 1. The lowest BCUT2D eigenvalue weighted by Crippen LogP contribution is -2.42. The van der Waals surface area contributed by atoms with Crippen molar-refractivity contribution in [2.45, 2.75) is 4.90 Å². The lowest BCUT2D eigenvalue weighted by Gasteiger charge is -2.18. The van der Waals surface area contributed by atoms with E-state index in [2.05, 4.69) is 10.9 Å². The first-order valence-electron chi connectivity index (χ1n) is 7.49. The van der Waals surface area contributed by atoms with E-state index in [4.69, 9.17) is 9.47 Å². The Morgan fingerprint density at radius 2 is 1.72 bits per heavy atom. The molecular formula is C17H15FN2O4S. The molecule has 0 saturated carbocycles. The highest BCUT2D eigenvalue weighted by Gasteiger charge is 2.13. The summed E-state index contributed by atoms with van der Waals surface area (Å²) in [5.74, 6) is 0.140. The van der Waals surface area contributed by atoms with Crippen LogP contribution in [-0.2, 0) is 4.79 Å². The summed E-state index contributed by atoms with van der Waals surface area (Å²) in [7, 11) is 0. The molecule has 2 aromatic rings. The first kappa shape index (κ1) is 17.1. The number of fused-ring (bicyclic) bond motifs is 1. The van der Waals surface area contributed by atoms with Crippen LogP contribution in [-0.4, -0.2) is 30.8 Å². The van der Waals surface area contributed by atoms with E-state index in [0.717, 1.165) is 4.90 Å². The standard InChI is InChI=1S/C17H15FN2O4S/c18-12-3-1-11(2-4-12)17(22)20-19-16(21)10-25-13-5-6-14-15(9-13)24-8-7-23-14/h1-6,9H,7-8,10H2,(H,19,21)(H,20,22). The zero-order valence-corrected chi connectivity index (χ0v) is 13.9. The monoisotopic (exact) mass is 362 g/mol. The van der Waals surface area contributed by atoms with E-state index in [0.29, 0.717) is 24.7 Å². The maximum Gasteiger partial charge on any atom is 0.269 e. The normalized spacial score (nSPS) is 12.4. The Labute approximate surface area is 147 Å². The molecule has 0 aliphatic carbocycles. The Bertz CT molecular complexity index is 783. The quantitative estimate of drug-likeness (QED) is 0.644. The van der Waals surface area contributed by atoms with E-state index in [1.165, 1.54) is 36.0 Å². The van der Waals surface area contributed by atoms with Crippen molar-refractivity contribution in [2.24, 2.45) is 0 Å². The Morgan fingerprint density at radius 3 is 2.48 bits per heavy atom. The van der Waals surface area contributed by atoms with Crippen LogP contribution in [0.2, 0.25) is 0 Å². The molecule has 0 spiro atoms. The zero-order chi connectivity index (χ0) is 17.6. The third-order valence-corrected chi connectivity index (χ3v) is 4.30. The van der Waals surface area contributed by atoms with Crippen molar-refractivity contribution in [2.75, 3.05) is 19.0 Å². The van der Waals surface area contributed by atoms with Crippen LogP contribution in [0.15, 0.2) is 47.4 Å². The van der Waals surface area contributed by atoms with E-state index in [1.54, 1.807) is 6.07 Å². The van der Waals surface area contributed by atoms with Crippen LogP contribution >= 0.6 is 11.8 Å². The molecule has 0 atom stereocenters. The molecule has 1 aliphatic heterocycles. The summed E-state index contributed by atoms with van der Waals surface area (Å²) in [5, 5.41) is 0. The number of rotatable bonds is 4. The second kappa shape index (κ2) is 7.89. The van der Waals surface area contributed by atoms with Gasteiger partial charge in [0.15, 0.2) is 11.5 Å². The molecule has 0 unspecified atom stereocenters. The van der Waals surface area contributed by atoms with Gasteiger partial charge in [0.1, 0.15) is 19.0 Å². The summed E-state index contributed by atoms with van der Waals surface area (Å²) >= 11 is 1.30. The van der Waals surface area contributed by atoms with Gasteiger partial charge in [-0.1, -0.05) is 0 Å². The van der Waals surface area contributed by atoms with Crippen molar-refractivity contribution >= 4 is 23.6 Å². The van der Waals surface area contributed by atoms with E-state index in [-0.39, 0.29) is 17.2 Å². The number of hydrogen-bond donors (Lipinski definition) is 2. The number of hydrogen-bond acceptors (Lipinski definition) is 5. The van der Waals surface area contributed by atoms with Gasteiger partial charge in [0.25, 0.3) is 5.91 Å². The van der Waals surface area contributed by atoms with Crippen LogP contribution in [0.25, 0.3) is 0 Å². The first-order chi connectivity index (χ1) is 12.1. The molecule has 8 heteroatoms. The third-order valence-electron chi connectivity index (χ3n) is 3.31. The molecule has 0 fully saturated rings. The van der Waals surface area contributed by atoms with Crippen LogP contribution in [0, 0.1) is 5.82 Å². The number of nitrogens with one attached hydrogen (secondary N) is 2. The predicted molar refractivity (Wildman–Crippen MR) is 90.2 cm³/mol. The molecule has 2 N–H and O–H groups in total. The predicted octanol–water partition coefficient (Wildman–Crippen LogP) is 2.15. The van der Waals surface area contributed by atoms with Crippen molar-refractivity contribution in [1.29, 1.82) is 0 Å². The Kier molecular flexibility index (Phi) is 5.39. The second-order valence-corrected chi connectivity index (χ2v) is 6.15. The van der Waals surface area contributed by atoms with E-state index in [1.807, 2.05) is 12.1 Å². The van der Waals surface area contributed by atoms with Crippen LogP contribution in [0.1, 0.15) is 10.4 Å². The first-order valence-corrected chi connectivity index (χ1v) is 8.47. The topological polar surface area (TPSA) is 76.7 Å². The fourth-order valence-electron chi connectivity index (χ4n) is 2.10. The lowest BCUT2D eigenvalue weighted by atomic mass is 10.2. The molecule has 25 heavy (non-hydrogen) atoms. The average Bonchev–Trinajstić information content (AvgIpc) is 2.65. The van der Waals surface area contributed by atoms with Crippen LogP contribution in [0.3, 0.4) is 0 Å². The highest BCUT2D eigenvalue weighted by molar-refractivity contribution is 8.00. The molecule has 1 heterocycles. The van der Waals surface area contributed by atoms with E-state index in [9.17, 15) is 14.0 Å². The van der Waals surface area contributed by atoms with Crippen LogP contribution in [0.4, 0.5) is 4.39 Å². The Morgan fingerprint density at radius 1 is 1.00 bits per heavy atom. The maximum absolute atomic E-state index is 12.8. The number of halogens is 1. The lowest BCUT2D eigenvalue weighted by molar-refractivity contribution is -0.119. The minimum absolute atomic E-state index is 0.114. The molecule has 1 aliphatic rings. The van der Waals surface area contributed by atoms with Crippen LogP contribution in [0.5, 0.6) is 11.5 Å². The average molecular weight is 362 g/mol. The number of benzene rings is 2. The molecule has 2 aromatic carbocycles. The van der Waals surface area contributed by atoms with Gasteiger partial charge >= 0.3 is 0 Å². The minimum atomic E-state index is -0.516. The minimum Gasteiger partial charge on any atom is -0.486 e. The fraction of sp³-hybridized carbons (Fsp3) is 0.176. The van der Waals surface area contributed by atoms with Gasteiger partial charge in [-0.05, 0) is 42.5 Å². The van der Waals surface area contributed by atoms with Gasteiger partial charge in [0.05, 0.1) is 5.75 Å². The van der Waals surface area contributed by atoms with Gasteiger partial charge in [-0.15, -0.1) is 11.8 Å². The van der Waals surface area contributed by atoms with Gasteiger partial charge in [-0.25, -0.2) is 4.39 Å². The van der Waals surface area contributed by atoms with Crippen molar-refractivity contribution in [3.8, 4) is 11.5 Å². The smallest absolute Gasteiger partial charge is 0.269 e. The molecule has 0 bridgehead atoms. The van der Waals surface area contributed by atoms with Gasteiger partial charge in [0.2, 0.25) is 5.91 Å². The van der Waals surface area contributed by atoms with E-state index < -0.39 is 11.7 Å². The third kappa shape index (κ3) is 4.63. The fourth-order valence-corrected chi connectivity index (χ4v) is 2.82. The molecule has 0 radical (unpaired) electrons. The molecule has 0 aromatic heterocycles. The molecule has 0 saturated heterocycles. The summed E-state index contributed by atoms with van der Waals surface area (Å²) in [6.45, 7) is 1.02. The van der Waals surface area contributed by atoms with Crippen molar-refractivity contribution in [3.05, 3.63) is 53.8 Å². The molecule has 130 valence electrons. The van der Waals surface area contributed by atoms with Gasteiger partial charge in [-0.3, -0.25) is 20.4 Å².